The van der Waals surface area contributed by atoms with Gasteiger partial charge in [-0.25, -0.2) is 13.1 Å². The molecule has 0 saturated heterocycles. The molecule has 0 bridgehead atoms. The topological polar surface area (TPSA) is 66.4 Å². The van der Waals surface area contributed by atoms with Crippen LogP contribution in [-0.2, 0) is 10.0 Å². The van der Waals surface area contributed by atoms with Crippen molar-refractivity contribution in [3.05, 3.63) is 16.0 Å². The fourth-order valence-electron chi connectivity index (χ4n) is 1.14. The molecule has 0 aliphatic carbocycles. The summed E-state index contributed by atoms with van der Waals surface area (Å²) >= 11 is 6.85. The van der Waals surface area contributed by atoms with Crippen LogP contribution in [0.15, 0.2) is 10.3 Å². The van der Waals surface area contributed by atoms with Crippen molar-refractivity contribution in [1.82, 2.24) is 4.72 Å². The predicted molar refractivity (Wildman–Crippen MR) is 65.6 cm³/mol. The number of sulfonamides is 1. The zero-order valence-electron chi connectivity index (χ0n) is 9.03. The van der Waals surface area contributed by atoms with Crippen molar-refractivity contribution in [2.24, 2.45) is 0 Å². The Morgan fingerprint density at radius 1 is 1.62 bits per heavy atom. The Labute approximate surface area is 104 Å². The molecular formula is C9H14ClNO3S2. The van der Waals surface area contributed by atoms with Crippen LogP contribution in [0.2, 0.25) is 4.34 Å². The SMILES string of the molecule is Cc1cc(S(=O)(=O)NC(C)CCO)sc1Cl. The fraction of sp³-hybridized carbons (Fsp3) is 0.556. The Hall–Kier alpha value is -0.140. The van der Waals surface area contributed by atoms with Crippen molar-refractivity contribution in [3.63, 3.8) is 0 Å². The van der Waals surface area contributed by atoms with Crippen LogP contribution in [0, 0.1) is 6.92 Å². The number of nitrogens with one attached hydrogen (secondary N) is 1. The van der Waals surface area contributed by atoms with E-state index in [2.05, 4.69) is 4.72 Å². The first-order chi connectivity index (χ1) is 7.36. The highest BCUT2D eigenvalue weighted by atomic mass is 35.5. The summed E-state index contributed by atoms with van der Waals surface area (Å²) in [4.78, 5) is 0. The molecule has 1 atom stereocenters. The predicted octanol–water partition coefficient (Wildman–Crippen LogP) is 1.76. The number of halogens is 1. The van der Waals surface area contributed by atoms with Gasteiger partial charge in [-0.1, -0.05) is 11.6 Å². The van der Waals surface area contributed by atoms with Crippen LogP contribution in [0.1, 0.15) is 18.9 Å². The highest BCUT2D eigenvalue weighted by Crippen LogP contribution is 2.30. The van der Waals surface area contributed by atoms with Gasteiger partial charge in [-0.15, -0.1) is 11.3 Å². The van der Waals surface area contributed by atoms with Gasteiger partial charge in [0, 0.05) is 12.6 Å². The van der Waals surface area contributed by atoms with E-state index < -0.39 is 10.0 Å². The number of rotatable bonds is 5. The van der Waals surface area contributed by atoms with E-state index in [9.17, 15) is 8.42 Å². The van der Waals surface area contributed by atoms with Crippen molar-refractivity contribution < 1.29 is 13.5 Å². The number of thiophene rings is 1. The number of aryl methyl sites for hydroxylation is 1. The quantitative estimate of drug-likeness (QED) is 0.865. The lowest BCUT2D eigenvalue weighted by molar-refractivity contribution is 0.275. The molecule has 0 aromatic carbocycles. The Bertz CT molecular complexity index is 436. The summed E-state index contributed by atoms with van der Waals surface area (Å²) in [6.07, 6.45) is 0.386. The molecule has 0 amide bonds. The second kappa shape index (κ2) is 5.46. The summed E-state index contributed by atoms with van der Waals surface area (Å²) in [5.74, 6) is 0. The molecular weight excluding hydrogens is 270 g/mol. The first-order valence-corrected chi connectivity index (χ1v) is 7.43. The van der Waals surface area contributed by atoms with Crippen molar-refractivity contribution in [2.45, 2.75) is 30.5 Å². The summed E-state index contributed by atoms with van der Waals surface area (Å²) in [5, 5.41) is 8.70. The Morgan fingerprint density at radius 2 is 2.25 bits per heavy atom. The lowest BCUT2D eigenvalue weighted by atomic mass is 10.3. The molecule has 0 saturated carbocycles. The smallest absolute Gasteiger partial charge is 0.250 e. The van der Waals surface area contributed by atoms with Gasteiger partial charge in [0.25, 0.3) is 0 Å². The molecule has 1 unspecified atom stereocenters. The van der Waals surface area contributed by atoms with E-state index in [0.717, 1.165) is 16.9 Å². The standard InChI is InChI=1S/C9H14ClNO3S2/c1-6-5-8(15-9(6)10)16(13,14)11-7(2)3-4-12/h5,7,11-12H,3-4H2,1-2H3. The molecule has 0 spiro atoms. The molecule has 7 heteroatoms. The number of aliphatic hydroxyl groups excluding tert-OH is 1. The van der Waals surface area contributed by atoms with Gasteiger partial charge in [0.15, 0.2) is 0 Å². The van der Waals surface area contributed by atoms with Gasteiger partial charge in [-0.3, -0.25) is 0 Å². The summed E-state index contributed by atoms with van der Waals surface area (Å²) in [5.41, 5.74) is 0.752. The maximum atomic E-state index is 11.8. The average Bonchev–Trinajstić information content (AvgIpc) is 2.47. The third kappa shape index (κ3) is 3.43. The van der Waals surface area contributed by atoms with Crippen LogP contribution < -0.4 is 4.72 Å². The molecule has 1 heterocycles. The average molecular weight is 284 g/mol. The highest BCUT2D eigenvalue weighted by Gasteiger charge is 2.20. The van der Waals surface area contributed by atoms with E-state index in [-0.39, 0.29) is 16.9 Å². The van der Waals surface area contributed by atoms with Crippen molar-refractivity contribution in [2.75, 3.05) is 6.61 Å². The van der Waals surface area contributed by atoms with E-state index in [4.69, 9.17) is 16.7 Å². The molecule has 1 rings (SSSR count). The van der Waals surface area contributed by atoms with Gasteiger partial charge in [-0.05, 0) is 31.9 Å². The minimum atomic E-state index is -3.51. The number of hydrogen-bond donors (Lipinski definition) is 2. The van der Waals surface area contributed by atoms with E-state index >= 15 is 0 Å². The Balaban J connectivity index is 2.86. The lowest BCUT2D eigenvalue weighted by Gasteiger charge is -2.11. The molecule has 1 aromatic rings. The zero-order valence-corrected chi connectivity index (χ0v) is 11.4. The first kappa shape index (κ1) is 13.9. The normalized spacial score (nSPS) is 14.0. The summed E-state index contributed by atoms with van der Waals surface area (Å²) < 4.78 is 26.9. The summed E-state index contributed by atoms with van der Waals surface area (Å²) in [6, 6.07) is 1.25. The molecule has 4 nitrogen and oxygen atoms in total. The minimum absolute atomic E-state index is 0.0477. The van der Waals surface area contributed by atoms with E-state index in [0.29, 0.717) is 10.8 Å². The maximum Gasteiger partial charge on any atom is 0.250 e. The summed E-state index contributed by atoms with van der Waals surface area (Å²) in [6.45, 7) is 3.42. The monoisotopic (exact) mass is 283 g/mol. The number of hydrogen-bond acceptors (Lipinski definition) is 4. The highest BCUT2D eigenvalue weighted by molar-refractivity contribution is 7.91. The lowest BCUT2D eigenvalue weighted by Crippen LogP contribution is -2.32. The molecule has 2 N–H and O–H groups in total. The molecule has 0 aliphatic heterocycles. The van der Waals surface area contributed by atoms with Crippen LogP contribution in [0.25, 0.3) is 0 Å². The van der Waals surface area contributed by atoms with Crippen LogP contribution >= 0.6 is 22.9 Å². The largest absolute Gasteiger partial charge is 0.396 e. The van der Waals surface area contributed by atoms with Gasteiger partial charge in [-0.2, -0.15) is 0 Å². The minimum Gasteiger partial charge on any atom is -0.396 e. The fourth-order valence-corrected chi connectivity index (χ4v) is 4.14. The maximum absolute atomic E-state index is 11.8. The second-order valence-corrected chi connectivity index (χ2v) is 7.15. The van der Waals surface area contributed by atoms with Crippen LogP contribution in [0.3, 0.4) is 0 Å². The van der Waals surface area contributed by atoms with E-state index in [1.54, 1.807) is 19.9 Å². The van der Waals surface area contributed by atoms with Gasteiger partial charge in [0.05, 0.1) is 4.34 Å². The van der Waals surface area contributed by atoms with Crippen molar-refractivity contribution in [1.29, 1.82) is 0 Å². The van der Waals surface area contributed by atoms with Crippen LogP contribution in [0.5, 0.6) is 0 Å². The van der Waals surface area contributed by atoms with Gasteiger partial charge in [0.1, 0.15) is 4.21 Å². The first-order valence-electron chi connectivity index (χ1n) is 4.76. The Morgan fingerprint density at radius 3 is 2.69 bits per heavy atom. The molecule has 0 fully saturated rings. The van der Waals surface area contributed by atoms with E-state index in [1.807, 2.05) is 0 Å². The second-order valence-electron chi connectivity index (χ2n) is 3.56. The molecule has 16 heavy (non-hydrogen) atoms. The van der Waals surface area contributed by atoms with Gasteiger partial charge in [0.2, 0.25) is 10.0 Å². The molecule has 0 aliphatic rings. The number of aliphatic hydroxyl groups is 1. The molecule has 92 valence electrons. The van der Waals surface area contributed by atoms with Crippen LogP contribution in [0.4, 0.5) is 0 Å². The van der Waals surface area contributed by atoms with Crippen molar-refractivity contribution >= 4 is 33.0 Å². The molecule has 1 aromatic heterocycles. The Kier molecular flexibility index (Phi) is 4.75. The zero-order chi connectivity index (χ0) is 12.3. The van der Waals surface area contributed by atoms with E-state index in [1.165, 1.54) is 0 Å². The third-order valence-electron chi connectivity index (χ3n) is 2.02. The molecule has 0 radical (unpaired) electrons. The van der Waals surface area contributed by atoms with Gasteiger partial charge < -0.3 is 5.11 Å². The van der Waals surface area contributed by atoms with Crippen LogP contribution in [-0.4, -0.2) is 26.2 Å². The van der Waals surface area contributed by atoms with Crippen molar-refractivity contribution in [3.8, 4) is 0 Å². The van der Waals surface area contributed by atoms with Gasteiger partial charge >= 0.3 is 0 Å². The third-order valence-corrected chi connectivity index (χ3v) is 5.64. The summed E-state index contributed by atoms with van der Waals surface area (Å²) in [7, 11) is -3.51.